The first-order valence-electron chi connectivity index (χ1n) is 5.65. The van der Waals surface area contributed by atoms with Gasteiger partial charge in [0.05, 0.1) is 0 Å². The molecule has 0 radical (unpaired) electrons. The predicted octanol–water partition coefficient (Wildman–Crippen LogP) is 2.41. The summed E-state index contributed by atoms with van der Waals surface area (Å²) in [6.07, 6.45) is 0. The van der Waals surface area contributed by atoms with E-state index in [1.807, 2.05) is 6.07 Å². The molecule has 0 heterocycles. The van der Waals surface area contributed by atoms with E-state index in [9.17, 15) is 15.0 Å². The number of aromatic carboxylic acids is 1. The fourth-order valence-electron chi connectivity index (χ4n) is 1.68. The summed E-state index contributed by atoms with van der Waals surface area (Å²) in [6, 6.07) is 11.1. The number of anilines is 1. The van der Waals surface area contributed by atoms with E-state index in [0.29, 0.717) is 17.8 Å². The minimum atomic E-state index is -1.18. The van der Waals surface area contributed by atoms with E-state index >= 15 is 0 Å². The molecule has 0 amide bonds. The lowest BCUT2D eigenvalue weighted by Gasteiger charge is -2.09. The third-order valence-electron chi connectivity index (χ3n) is 2.70. The van der Waals surface area contributed by atoms with Gasteiger partial charge in [-0.15, -0.1) is 0 Å². The van der Waals surface area contributed by atoms with Gasteiger partial charge >= 0.3 is 5.97 Å². The number of rotatable bonds is 4. The van der Waals surface area contributed by atoms with Crippen LogP contribution in [0.2, 0.25) is 0 Å². The Morgan fingerprint density at radius 1 is 1.05 bits per heavy atom. The molecule has 0 saturated carbocycles. The second-order valence-corrected chi connectivity index (χ2v) is 4.02. The highest BCUT2D eigenvalue weighted by atomic mass is 16.4. The molecule has 5 heteroatoms. The van der Waals surface area contributed by atoms with Gasteiger partial charge in [-0.2, -0.15) is 0 Å². The first kappa shape index (κ1) is 12.8. The van der Waals surface area contributed by atoms with Gasteiger partial charge in [-0.05, 0) is 18.2 Å². The summed E-state index contributed by atoms with van der Waals surface area (Å²) in [7, 11) is 0. The summed E-state index contributed by atoms with van der Waals surface area (Å²) in [5.41, 5.74) is 1.14. The van der Waals surface area contributed by atoms with Gasteiger partial charge in [-0.1, -0.05) is 18.2 Å². The summed E-state index contributed by atoms with van der Waals surface area (Å²) in [5.74, 6) is -1.29. The molecule has 0 aliphatic heterocycles. The second-order valence-electron chi connectivity index (χ2n) is 4.02. The molecule has 0 aromatic heterocycles. The number of carbonyl (C=O) groups is 1. The van der Waals surface area contributed by atoms with Gasteiger partial charge in [-0.3, -0.25) is 0 Å². The monoisotopic (exact) mass is 259 g/mol. The van der Waals surface area contributed by atoms with Crippen molar-refractivity contribution in [3.63, 3.8) is 0 Å². The van der Waals surface area contributed by atoms with E-state index in [2.05, 4.69) is 5.32 Å². The van der Waals surface area contributed by atoms with Crippen molar-refractivity contribution in [2.75, 3.05) is 5.32 Å². The molecule has 0 saturated heterocycles. The van der Waals surface area contributed by atoms with Crippen LogP contribution >= 0.6 is 0 Å². The van der Waals surface area contributed by atoms with E-state index < -0.39 is 5.97 Å². The number of carboxylic acid groups (broad SMARTS) is 1. The van der Waals surface area contributed by atoms with E-state index in [-0.39, 0.29) is 17.1 Å². The minimum Gasteiger partial charge on any atom is -0.508 e. The molecule has 19 heavy (non-hydrogen) atoms. The van der Waals surface area contributed by atoms with Crippen LogP contribution in [0, 0.1) is 0 Å². The van der Waals surface area contributed by atoms with Crippen molar-refractivity contribution in [2.45, 2.75) is 6.54 Å². The Morgan fingerprint density at radius 3 is 2.42 bits per heavy atom. The van der Waals surface area contributed by atoms with Gasteiger partial charge in [0.25, 0.3) is 0 Å². The molecule has 0 atom stereocenters. The summed E-state index contributed by atoms with van der Waals surface area (Å²) < 4.78 is 0. The van der Waals surface area contributed by atoms with Crippen molar-refractivity contribution in [1.82, 2.24) is 0 Å². The zero-order chi connectivity index (χ0) is 13.8. The van der Waals surface area contributed by atoms with Gasteiger partial charge in [-0.25, -0.2) is 4.79 Å². The number of para-hydroxylation sites is 1. The molecule has 0 bridgehead atoms. The quantitative estimate of drug-likeness (QED) is 0.677. The molecule has 2 rings (SSSR count). The van der Waals surface area contributed by atoms with Crippen LogP contribution < -0.4 is 5.32 Å². The number of benzene rings is 2. The maximum absolute atomic E-state index is 10.7. The lowest BCUT2D eigenvalue weighted by Crippen LogP contribution is -2.01. The maximum Gasteiger partial charge on any atom is 0.339 e. The van der Waals surface area contributed by atoms with Crippen molar-refractivity contribution >= 4 is 11.7 Å². The Kier molecular flexibility index (Phi) is 3.56. The first-order valence-corrected chi connectivity index (χ1v) is 5.65. The largest absolute Gasteiger partial charge is 0.508 e. The molecule has 2 aromatic rings. The fraction of sp³-hybridized carbons (Fsp3) is 0.0714. The third kappa shape index (κ3) is 2.95. The van der Waals surface area contributed by atoms with Gasteiger partial charge in [0.15, 0.2) is 0 Å². The van der Waals surface area contributed by atoms with Crippen molar-refractivity contribution in [2.24, 2.45) is 0 Å². The van der Waals surface area contributed by atoms with Crippen molar-refractivity contribution in [3.05, 3.63) is 53.6 Å². The molecule has 2 aromatic carbocycles. The van der Waals surface area contributed by atoms with Crippen LogP contribution in [0.1, 0.15) is 15.9 Å². The fourth-order valence-corrected chi connectivity index (χ4v) is 1.68. The predicted molar refractivity (Wildman–Crippen MR) is 70.5 cm³/mol. The summed E-state index contributed by atoms with van der Waals surface area (Å²) >= 11 is 0. The van der Waals surface area contributed by atoms with Crippen molar-refractivity contribution < 1.29 is 20.1 Å². The molecule has 98 valence electrons. The van der Waals surface area contributed by atoms with Crippen LogP contribution in [0.25, 0.3) is 0 Å². The van der Waals surface area contributed by atoms with Crippen LogP contribution in [0.3, 0.4) is 0 Å². The highest BCUT2D eigenvalue weighted by Gasteiger charge is 2.09. The van der Waals surface area contributed by atoms with Crippen LogP contribution in [-0.4, -0.2) is 21.3 Å². The van der Waals surface area contributed by atoms with E-state index in [1.165, 1.54) is 12.1 Å². The number of phenols is 2. The Labute approximate surface area is 109 Å². The highest BCUT2D eigenvalue weighted by molar-refractivity contribution is 5.91. The van der Waals surface area contributed by atoms with Gasteiger partial charge < -0.3 is 20.6 Å². The second kappa shape index (κ2) is 5.30. The summed E-state index contributed by atoms with van der Waals surface area (Å²) in [4.78, 5) is 10.7. The maximum atomic E-state index is 10.7. The smallest absolute Gasteiger partial charge is 0.339 e. The van der Waals surface area contributed by atoms with Crippen molar-refractivity contribution in [1.29, 1.82) is 0 Å². The van der Waals surface area contributed by atoms with Crippen LogP contribution in [0.15, 0.2) is 42.5 Å². The third-order valence-corrected chi connectivity index (χ3v) is 2.70. The van der Waals surface area contributed by atoms with E-state index in [0.717, 1.165) is 0 Å². The van der Waals surface area contributed by atoms with Crippen LogP contribution in [0.5, 0.6) is 11.5 Å². The number of nitrogens with one attached hydrogen (secondary N) is 1. The van der Waals surface area contributed by atoms with E-state index in [4.69, 9.17) is 5.11 Å². The van der Waals surface area contributed by atoms with Gasteiger partial charge in [0.1, 0.15) is 17.1 Å². The normalized spacial score (nSPS) is 10.1. The molecule has 0 fully saturated rings. The first-order chi connectivity index (χ1) is 9.08. The van der Waals surface area contributed by atoms with E-state index in [1.54, 1.807) is 24.3 Å². The van der Waals surface area contributed by atoms with Crippen molar-refractivity contribution in [3.8, 4) is 11.5 Å². The molecule has 5 nitrogen and oxygen atoms in total. The number of carboxylic acids is 1. The minimum absolute atomic E-state index is 0.145. The lowest BCUT2D eigenvalue weighted by atomic mass is 10.1. The number of hydrogen-bond acceptors (Lipinski definition) is 4. The topological polar surface area (TPSA) is 89.8 Å². The number of aromatic hydroxyl groups is 2. The molecular formula is C14H13NO4. The Hall–Kier alpha value is -2.69. The molecule has 0 unspecified atom stereocenters. The average molecular weight is 259 g/mol. The zero-order valence-electron chi connectivity index (χ0n) is 10.00. The number of phenolic OH excluding ortho intramolecular Hbond substituents is 1. The van der Waals surface area contributed by atoms with Crippen LogP contribution in [0.4, 0.5) is 5.69 Å². The number of hydrogen-bond donors (Lipinski definition) is 4. The molecule has 0 spiro atoms. The summed E-state index contributed by atoms with van der Waals surface area (Å²) in [6.45, 7) is 0.374. The highest BCUT2D eigenvalue weighted by Crippen LogP contribution is 2.23. The lowest BCUT2D eigenvalue weighted by molar-refractivity contribution is 0.0694. The molecular weight excluding hydrogens is 246 g/mol. The Balaban J connectivity index is 2.11. The van der Waals surface area contributed by atoms with Crippen LogP contribution in [-0.2, 0) is 6.54 Å². The SMILES string of the molecule is O=C(O)c1ccc(NCc2ccccc2O)cc1O. The average Bonchev–Trinajstić information content (AvgIpc) is 2.37. The molecule has 0 aliphatic carbocycles. The van der Waals surface area contributed by atoms with Gasteiger partial charge in [0.2, 0.25) is 0 Å². The Bertz CT molecular complexity index is 610. The molecule has 0 aliphatic rings. The Morgan fingerprint density at radius 2 is 1.79 bits per heavy atom. The summed E-state index contributed by atoms with van der Waals surface area (Å²) in [5, 5.41) is 30.9. The van der Waals surface area contributed by atoms with Gasteiger partial charge in [0, 0.05) is 23.9 Å². The molecule has 4 N–H and O–H groups in total. The standard InChI is InChI=1S/C14H13NO4/c16-12-4-2-1-3-9(12)8-15-10-5-6-11(14(18)19)13(17)7-10/h1-7,15-17H,8H2,(H,18,19). The zero-order valence-corrected chi connectivity index (χ0v) is 10.00.